The monoisotopic (exact) mass is 473 g/mol. The first kappa shape index (κ1) is 22.7. The number of ether oxygens (including phenoxy) is 1. The molecule has 1 fully saturated rings. The topological polar surface area (TPSA) is 57.4 Å². The van der Waals surface area contributed by atoms with Gasteiger partial charge >= 0.3 is 0 Å². The highest BCUT2D eigenvalue weighted by Crippen LogP contribution is 2.29. The Balaban J connectivity index is 1.17. The number of piperidine rings is 1. The van der Waals surface area contributed by atoms with Crippen LogP contribution in [0.1, 0.15) is 34.9 Å². The summed E-state index contributed by atoms with van der Waals surface area (Å²) in [5, 5.41) is 6.71. The maximum atomic E-state index is 13.2. The van der Waals surface area contributed by atoms with E-state index in [1.165, 1.54) is 16.5 Å². The van der Waals surface area contributed by atoms with E-state index >= 15 is 0 Å². The molecule has 2 aromatic carbocycles. The third kappa shape index (κ3) is 5.03. The van der Waals surface area contributed by atoms with Crippen LogP contribution < -0.4 is 10.1 Å². The number of amides is 1. The first-order valence-corrected chi connectivity index (χ1v) is 12.8. The number of aromatic amines is 1. The number of carbonyl (C=O) groups is 1. The average molecular weight is 474 g/mol. The average Bonchev–Trinajstić information content (AvgIpc) is 3.57. The van der Waals surface area contributed by atoms with Gasteiger partial charge in [0.2, 0.25) is 5.91 Å². The predicted molar refractivity (Wildman–Crippen MR) is 138 cm³/mol. The summed E-state index contributed by atoms with van der Waals surface area (Å²) >= 11 is 1.67. The van der Waals surface area contributed by atoms with Gasteiger partial charge in [-0.1, -0.05) is 36.4 Å². The van der Waals surface area contributed by atoms with Crippen LogP contribution in [0.5, 0.6) is 5.75 Å². The molecule has 0 aliphatic carbocycles. The molecule has 1 aliphatic heterocycles. The highest BCUT2D eigenvalue weighted by molar-refractivity contribution is 7.10. The Morgan fingerprint density at radius 1 is 1.12 bits per heavy atom. The first-order valence-electron chi connectivity index (χ1n) is 12.0. The van der Waals surface area contributed by atoms with Crippen LogP contribution in [0, 0.1) is 5.92 Å². The smallest absolute Gasteiger partial charge is 0.223 e. The Kier molecular flexibility index (Phi) is 6.97. The lowest BCUT2D eigenvalue weighted by atomic mass is 9.94. The number of thiophene rings is 1. The van der Waals surface area contributed by atoms with Crippen LogP contribution in [0.3, 0.4) is 0 Å². The number of H-pyrrole nitrogens is 1. The van der Waals surface area contributed by atoms with Gasteiger partial charge in [0, 0.05) is 34.4 Å². The molecule has 0 saturated carbocycles. The lowest BCUT2D eigenvalue weighted by Gasteiger charge is -2.32. The molecule has 0 bridgehead atoms. The van der Waals surface area contributed by atoms with Crippen molar-refractivity contribution in [2.24, 2.45) is 5.92 Å². The van der Waals surface area contributed by atoms with Gasteiger partial charge in [0.15, 0.2) is 0 Å². The molecule has 2 N–H and O–H groups in total. The minimum absolute atomic E-state index is 0.0602. The molecule has 1 saturated heterocycles. The van der Waals surface area contributed by atoms with E-state index in [1.54, 1.807) is 18.4 Å². The fourth-order valence-electron chi connectivity index (χ4n) is 4.87. The molecule has 3 heterocycles. The highest BCUT2D eigenvalue weighted by atomic mass is 32.1. The number of nitrogens with one attached hydrogen (secondary N) is 2. The summed E-state index contributed by atoms with van der Waals surface area (Å²) in [6.45, 7) is 2.96. The van der Waals surface area contributed by atoms with Crippen molar-refractivity contribution in [1.29, 1.82) is 0 Å². The number of hydrogen-bond acceptors (Lipinski definition) is 4. The molecule has 1 unspecified atom stereocenters. The molecular formula is C28H31N3O2S. The van der Waals surface area contributed by atoms with Gasteiger partial charge in [0.1, 0.15) is 5.75 Å². The normalized spacial score (nSPS) is 15.9. The molecule has 1 amide bonds. The van der Waals surface area contributed by atoms with Gasteiger partial charge in [-0.05, 0) is 73.1 Å². The summed E-state index contributed by atoms with van der Waals surface area (Å²) in [6.07, 6.45) is 4.96. The SMILES string of the molecule is COc1ccc(C(NC(=O)C2CCN(CCc3c[nH]c4ccccc34)CC2)c2cccs2)cc1. The van der Waals surface area contributed by atoms with Crippen LogP contribution in [0.2, 0.25) is 0 Å². The number of likely N-dealkylation sites (tertiary alicyclic amines) is 1. The van der Waals surface area contributed by atoms with Crippen LogP contribution in [-0.2, 0) is 11.2 Å². The summed E-state index contributed by atoms with van der Waals surface area (Å²) in [5.74, 6) is 1.04. The molecule has 0 radical (unpaired) electrons. The number of hydrogen-bond donors (Lipinski definition) is 2. The maximum absolute atomic E-state index is 13.2. The van der Waals surface area contributed by atoms with Crippen LogP contribution in [-0.4, -0.2) is 42.5 Å². The van der Waals surface area contributed by atoms with Crippen LogP contribution in [0.4, 0.5) is 0 Å². The summed E-state index contributed by atoms with van der Waals surface area (Å²) in [7, 11) is 1.67. The lowest BCUT2D eigenvalue weighted by Crippen LogP contribution is -2.42. The van der Waals surface area contributed by atoms with Gasteiger partial charge in [-0.2, -0.15) is 0 Å². The molecule has 6 heteroatoms. The minimum Gasteiger partial charge on any atom is -0.497 e. The van der Waals surface area contributed by atoms with Crippen molar-refractivity contribution in [2.45, 2.75) is 25.3 Å². The van der Waals surface area contributed by atoms with Crippen LogP contribution in [0.25, 0.3) is 10.9 Å². The van der Waals surface area contributed by atoms with Gasteiger partial charge in [-0.3, -0.25) is 4.79 Å². The Labute approximate surface area is 204 Å². The van der Waals surface area contributed by atoms with E-state index in [1.807, 2.05) is 30.3 Å². The molecule has 5 rings (SSSR count). The zero-order valence-corrected chi connectivity index (χ0v) is 20.3. The van der Waals surface area contributed by atoms with E-state index in [9.17, 15) is 4.79 Å². The maximum Gasteiger partial charge on any atom is 0.223 e. The second-order valence-electron chi connectivity index (χ2n) is 8.96. The Morgan fingerprint density at radius 2 is 1.91 bits per heavy atom. The predicted octanol–water partition coefficient (Wildman–Crippen LogP) is 5.40. The van der Waals surface area contributed by atoms with Crippen molar-refractivity contribution in [3.05, 3.63) is 88.2 Å². The first-order chi connectivity index (χ1) is 16.7. The highest BCUT2D eigenvalue weighted by Gasteiger charge is 2.27. The van der Waals surface area contributed by atoms with Gasteiger partial charge in [0.05, 0.1) is 13.2 Å². The quantitative estimate of drug-likeness (QED) is 0.360. The zero-order chi connectivity index (χ0) is 23.3. The van der Waals surface area contributed by atoms with Crippen molar-refractivity contribution in [2.75, 3.05) is 26.7 Å². The standard InChI is InChI=1S/C28H31N3O2S/c1-33-23-10-8-20(9-11-23)27(26-7-4-18-34-26)30-28(32)21-12-15-31(16-13-21)17-14-22-19-29-25-6-3-2-5-24(22)25/h2-11,18-19,21,27,29H,12-17H2,1H3,(H,30,32). The minimum atomic E-state index is -0.127. The fourth-order valence-corrected chi connectivity index (χ4v) is 5.67. The molecule has 1 aliphatic rings. The van der Waals surface area contributed by atoms with Gasteiger partial charge in [0.25, 0.3) is 0 Å². The largest absolute Gasteiger partial charge is 0.497 e. The molecule has 0 spiro atoms. The lowest BCUT2D eigenvalue weighted by molar-refractivity contribution is -0.126. The molecule has 176 valence electrons. The summed E-state index contributed by atoms with van der Waals surface area (Å²) in [6, 6.07) is 20.5. The van der Waals surface area contributed by atoms with Crippen molar-refractivity contribution in [3.63, 3.8) is 0 Å². The van der Waals surface area contributed by atoms with Crippen LogP contribution >= 0.6 is 11.3 Å². The number of methoxy groups -OCH3 is 1. The molecule has 4 aromatic rings. The number of fused-ring (bicyclic) bond motifs is 1. The van der Waals surface area contributed by atoms with E-state index in [-0.39, 0.29) is 17.9 Å². The second-order valence-corrected chi connectivity index (χ2v) is 9.93. The van der Waals surface area contributed by atoms with Gasteiger partial charge in [-0.25, -0.2) is 0 Å². The van der Waals surface area contributed by atoms with Gasteiger partial charge in [-0.15, -0.1) is 11.3 Å². The molecule has 1 atom stereocenters. The number of rotatable bonds is 8. The van der Waals surface area contributed by atoms with Crippen molar-refractivity contribution in [3.8, 4) is 5.75 Å². The number of carbonyl (C=O) groups excluding carboxylic acids is 1. The number of para-hydroxylation sites is 1. The Morgan fingerprint density at radius 3 is 2.65 bits per heavy atom. The fraction of sp³-hybridized carbons (Fsp3) is 0.321. The second kappa shape index (κ2) is 10.5. The van der Waals surface area contributed by atoms with E-state index < -0.39 is 0 Å². The van der Waals surface area contributed by atoms with Gasteiger partial charge < -0.3 is 19.9 Å². The summed E-state index contributed by atoms with van der Waals surface area (Å²) in [4.78, 5) is 20.3. The molecule has 2 aromatic heterocycles. The van der Waals surface area contributed by atoms with E-state index in [4.69, 9.17) is 4.74 Å². The third-order valence-electron chi connectivity index (χ3n) is 6.89. The zero-order valence-electron chi connectivity index (χ0n) is 19.5. The molecular weight excluding hydrogens is 442 g/mol. The molecule has 5 nitrogen and oxygen atoms in total. The van der Waals surface area contributed by atoms with Crippen molar-refractivity contribution < 1.29 is 9.53 Å². The number of aromatic nitrogens is 1. The Hall–Kier alpha value is -3.09. The summed E-state index contributed by atoms with van der Waals surface area (Å²) < 4.78 is 5.30. The van der Waals surface area contributed by atoms with Crippen molar-refractivity contribution in [1.82, 2.24) is 15.2 Å². The van der Waals surface area contributed by atoms with E-state index in [0.29, 0.717) is 0 Å². The molecule has 34 heavy (non-hydrogen) atoms. The number of benzene rings is 2. The Bertz CT molecular complexity index is 1210. The summed E-state index contributed by atoms with van der Waals surface area (Å²) in [5.41, 5.74) is 3.64. The van der Waals surface area contributed by atoms with Crippen molar-refractivity contribution >= 4 is 28.1 Å². The van der Waals surface area contributed by atoms with Crippen LogP contribution in [0.15, 0.2) is 72.2 Å². The number of nitrogens with zero attached hydrogens (tertiary/aromatic N) is 1. The third-order valence-corrected chi connectivity index (χ3v) is 7.83. The van der Waals surface area contributed by atoms with E-state index in [2.05, 4.69) is 57.1 Å². The van der Waals surface area contributed by atoms with E-state index in [0.717, 1.165) is 55.1 Å².